The van der Waals surface area contributed by atoms with Crippen LogP contribution in [-0.2, 0) is 19.5 Å². The van der Waals surface area contributed by atoms with Gasteiger partial charge in [0, 0.05) is 37.9 Å². The molecule has 0 amide bonds. The molecule has 2 rings (SSSR count). The molecule has 0 saturated carbocycles. The molecule has 0 aromatic carbocycles. The summed E-state index contributed by atoms with van der Waals surface area (Å²) in [5.74, 6) is 3.09. The third-order valence-electron chi connectivity index (χ3n) is 3.61. The van der Waals surface area contributed by atoms with Crippen molar-refractivity contribution in [3.63, 3.8) is 0 Å². The molecule has 2 aromatic heterocycles. The lowest BCUT2D eigenvalue weighted by Crippen LogP contribution is -2.31. The zero-order chi connectivity index (χ0) is 15.9. The third kappa shape index (κ3) is 5.31. The first-order chi connectivity index (χ1) is 10.6. The first-order valence-electron chi connectivity index (χ1n) is 8.02. The van der Waals surface area contributed by atoms with Crippen LogP contribution < -0.4 is 0 Å². The molecule has 0 radical (unpaired) electrons. The Morgan fingerprint density at radius 1 is 1.14 bits per heavy atom. The number of aromatic amines is 1. The number of imidazole rings is 1. The fourth-order valence-electron chi connectivity index (χ4n) is 2.46. The molecular weight excluding hydrogens is 276 g/mol. The van der Waals surface area contributed by atoms with Gasteiger partial charge in [-0.05, 0) is 39.6 Å². The molecule has 5 nitrogen and oxygen atoms in total. The fourth-order valence-corrected chi connectivity index (χ4v) is 2.46. The average Bonchev–Trinajstić information content (AvgIpc) is 3.06. The molecule has 0 spiro atoms. The highest BCUT2D eigenvalue weighted by Crippen LogP contribution is 2.14. The topological polar surface area (TPSA) is 48.3 Å². The summed E-state index contributed by atoms with van der Waals surface area (Å²) >= 11 is 0. The molecule has 0 saturated heterocycles. The van der Waals surface area contributed by atoms with Crippen molar-refractivity contribution in [2.24, 2.45) is 0 Å². The Balaban J connectivity index is 1.99. The van der Waals surface area contributed by atoms with E-state index in [2.05, 4.69) is 52.9 Å². The summed E-state index contributed by atoms with van der Waals surface area (Å²) in [5, 5.41) is 0. The molecule has 0 aliphatic carbocycles. The lowest BCUT2D eigenvalue weighted by Gasteiger charge is -2.22. The second kappa shape index (κ2) is 8.15. The van der Waals surface area contributed by atoms with Crippen LogP contribution in [0.15, 0.2) is 22.7 Å². The first kappa shape index (κ1) is 16.8. The van der Waals surface area contributed by atoms with Crippen molar-refractivity contribution < 1.29 is 4.42 Å². The highest BCUT2D eigenvalue weighted by molar-refractivity contribution is 5.08. The minimum Gasteiger partial charge on any atom is -0.465 e. The van der Waals surface area contributed by atoms with E-state index in [4.69, 9.17) is 4.42 Å². The van der Waals surface area contributed by atoms with Crippen molar-refractivity contribution in [2.45, 2.75) is 39.8 Å². The SMILES string of the molecule is CCCc1ccc(CN(CCN(C)C)Cc2cnc(C)[nH]2)o1. The Labute approximate surface area is 133 Å². The molecule has 22 heavy (non-hydrogen) atoms. The van der Waals surface area contributed by atoms with Crippen LogP contribution in [0.2, 0.25) is 0 Å². The van der Waals surface area contributed by atoms with Gasteiger partial charge in [0.2, 0.25) is 0 Å². The molecule has 0 fully saturated rings. The van der Waals surface area contributed by atoms with Gasteiger partial charge >= 0.3 is 0 Å². The van der Waals surface area contributed by atoms with Crippen LogP contribution in [0.1, 0.15) is 36.4 Å². The molecule has 122 valence electrons. The minimum atomic E-state index is 0.829. The number of H-pyrrole nitrogens is 1. The van der Waals surface area contributed by atoms with Crippen molar-refractivity contribution in [2.75, 3.05) is 27.2 Å². The Morgan fingerprint density at radius 3 is 2.55 bits per heavy atom. The third-order valence-corrected chi connectivity index (χ3v) is 3.61. The van der Waals surface area contributed by atoms with Crippen molar-refractivity contribution >= 4 is 0 Å². The van der Waals surface area contributed by atoms with Gasteiger partial charge in [-0.25, -0.2) is 4.98 Å². The van der Waals surface area contributed by atoms with Crippen LogP contribution in [0, 0.1) is 6.92 Å². The van der Waals surface area contributed by atoms with Crippen molar-refractivity contribution in [3.05, 3.63) is 41.4 Å². The number of furan rings is 1. The van der Waals surface area contributed by atoms with Crippen LogP contribution in [-0.4, -0.2) is 47.0 Å². The van der Waals surface area contributed by atoms with Gasteiger partial charge in [0.25, 0.3) is 0 Å². The maximum Gasteiger partial charge on any atom is 0.118 e. The molecule has 1 N–H and O–H groups in total. The highest BCUT2D eigenvalue weighted by Gasteiger charge is 2.12. The molecule has 2 heterocycles. The zero-order valence-electron chi connectivity index (χ0n) is 14.2. The van der Waals surface area contributed by atoms with E-state index in [0.717, 1.165) is 62.1 Å². The summed E-state index contributed by atoms with van der Waals surface area (Å²) in [4.78, 5) is 12.2. The van der Waals surface area contributed by atoms with E-state index in [1.165, 1.54) is 0 Å². The Morgan fingerprint density at radius 2 is 1.91 bits per heavy atom. The normalized spacial score (nSPS) is 11.7. The summed E-state index contributed by atoms with van der Waals surface area (Å²) < 4.78 is 5.92. The predicted molar refractivity (Wildman–Crippen MR) is 88.7 cm³/mol. The second-order valence-electron chi connectivity index (χ2n) is 6.13. The molecule has 0 bridgehead atoms. The van der Waals surface area contributed by atoms with Gasteiger partial charge < -0.3 is 14.3 Å². The van der Waals surface area contributed by atoms with E-state index in [0.29, 0.717) is 0 Å². The maximum absolute atomic E-state index is 5.92. The monoisotopic (exact) mass is 304 g/mol. The van der Waals surface area contributed by atoms with Crippen LogP contribution >= 0.6 is 0 Å². The van der Waals surface area contributed by atoms with E-state index in [1.54, 1.807) is 0 Å². The quantitative estimate of drug-likeness (QED) is 0.774. The van der Waals surface area contributed by atoms with Gasteiger partial charge in [-0.3, -0.25) is 4.90 Å². The molecule has 2 aromatic rings. The largest absolute Gasteiger partial charge is 0.465 e. The van der Waals surface area contributed by atoms with Crippen LogP contribution in [0.3, 0.4) is 0 Å². The highest BCUT2D eigenvalue weighted by atomic mass is 16.3. The van der Waals surface area contributed by atoms with E-state index in [9.17, 15) is 0 Å². The number of hydrogen-bond acceptors (Lipinski definition) is 4. The Hall–Kier alpha value is -1.59. The van der Waals surface area contributed by atoms with Gasteiger partial charge in [-0.2, -0.15) is 0 Å². The second-order valence-corrected chi connectivity index (χ2v) is 6.13. The van der Waals surface area contributed by atoms with Gasteiger partial charge in [0.05, 0.1) is 6.54 Å². The van der Waals surface area contributed by atoms with E-state index >= 15 is 0 Å². The number of aromatic nitrogens is 2. The summed E-state index contributed by atoms with van der Waals surface area (Å²) in [5.41, 5.74) is 1.15. The summed E-state index contributed by atoms with van der Waals surface area (Å²) in [6.07, 6.45) is 4.05. The van der Waals surface area contributed by atoms with Crippen LogP contribution in [0.4, 0.5) is 0 Å². The lowest BCUT2D eigenvalue weighted by molar-refractivity contribution is 0.207. The first-order valence-corrected chi connectivity index (χ1v) is 8.02. The number of aryl methyl sites for hydroxylation is 2. The number of rotatable bonds is 9. The number of nitrogens with zero attached hydrogens (tertiary/aromatic N) is 3. The van der Waals surface area contributed by atoms with Crippen molar-refractivity contribution in [1.82, 2.24) is 19.8 Å². The maximum atomic E-state index is 5.92. The molecule has 0 aliphatic heterocycles. The number of likely N-dealkylation sites (N-methyl/N-ethyl adjacent to an activating group) is 1. The minimum absolute atomic E-state index is 0.829. The Bertz CT molecular complexity index is 559. The summed E-state index contributed by atoms with van der Waals surface area (Å²) in [7, 11) is 4.20. The van der Waals surface area contributed by atoms with E-state index < -0.39 is 0 Å². The van der Waals surface area contributed by atoms with Crippen LogP contribution in [0.5, 0.6) is 0 Å². The van der Waals surface area contributed by atoms with E-state index in [1.807, 2.05) is 13.1 Å². The van der Waals surface area contributed by atoms with Gasteiger partial charge in [0.15, 0.2) is 0 Å². The standard InChI is InChI=1S/C17H28N4O/c1-5-6-16-7-8-17(22-16)13-21(10-9-20(3)4)12-15-11-18-14(2)19-15/h7-8,11H,5-6,9-10,12-13H2,1-4H3,(H,18,19). The van der Waals surface area contributed by atoms with Gasteiger partial charge in [-0.15, -0.1) is 0 Å². The van der Waals surface area contributed by atoms with Crippen molar-refractivity contribution in [3.8, 4) is 0 Å². The summed E-state index contributed by atoms with van der Waals surface area (Å²) in [6.45, 7) is 7.86. The van der Waals surface area contributed by atoms with E-state index in [-0.39, 0.29) is 0 Å². The molecule has 5 heteroatoms. The molecule has 0 unspecified atom stereocenters. The van der Waals surface area contributed by atoms with Gasteiger partial charge in [0.1, 0.15) is 17.3 Å². The van der Waals surface area contributed by atoms with Crippen molar-refractivity contribution in [1.29, 1.82) is 0 Å². The Kier molecular flexibility index (Phi) is 6.21. The van der Waals surface area contributed by atoms with Crippen LogP contribution in [0.25, 0.3) is 0 Å². The average molecular weight is 304 g/mol. The smallest absolute Gasteiger partial charge is 0.118 e. The fraction of sp³-hybridized carbons (Fsp3) is 0.588. The number of nitrogens with one attached hydrogen (secondary N) is 1. The summed E-state index contributed by atoms with van der Waals surface area (Å²) in [6, 6.07) is 4.20. The zero-order valence-corrected chi connectivity index (χ0v) is 14.2. The van der Waals surface area contributed by atoms with Gasteiger partial charge in [-0.1, -0.05) is 6.92 Å². The molecule has 0 atom stereocenters. The lowest BCUT2D eigenvalue weighted by atomic mass is 10.3. The molecular formula is C17H28N4O. The molecule has 0 aliphatic rings. The predicted octanol–water partition coefficient (Wildman–Crippen LogP) is 2.83. The number of hydrogen-bond donors (Lipinski definition) is 1.